The Hall–Kier alpha value is -0.770. The van der Waals surface area contributed by atoms with E-state index >= 15 is 0 Å². The number of esters is 1. The quantitative estimate of drug-likeness (QED) is 0.279. The van der Waals surface area contributed by atoms with E-state index in [0.717, 1.165) is 18.0 Å². The van der Waals surface area contributed by atoms with Gasteiger partial charge in [0.25, 0.3) is 0 Å². The molecule has 0 spiro atoms. The lowest BCUT2D eigenvalue weighted by Gasteiger charge is -2.30. The number of hydrogen-bond acceptors (Lipinski definition) is 8. The molecule has 0 fully saturated rings. The SMILES string of the molecule is Br.CCOC(=O)CN(C)c1nc(Cl)c(SC)c(NCCN(C(C)C)C(C)C)n1. The van der Waals surface area contributed by atoms with Crippen molar-refractivity contribution in [3.63, 3.8) is 0 Å². The molecule has 1 heterocycles. The molecular formula is C18H33BrClN5O2S. The van der Waals surface area contributed by atoms with Gasteiger partial charge in [-0.15, -0.1) is 28.7 Å². The molecule has 0 unspecified atom stereocenters. The number of aromatic nitrogens is 2. The molecule has 1 aromatic heterocycles. The van der Waals surface area contributed by atoms with Crippen LogP contribution in [0.1, 0.15) is 34.6 Å². The summed E-state index contributed by atoms with van der Waals surface area (Å²) in [4.78, 5) is 25.4. The van der Waals surface area contributed by atoms with Gasteiger partial charge in [-0.3, -0.25) is 9.69 Å². The fraction of sp³-hybridized carbons (Fsp3) is 0.722. The maximum Gasteiger partial charge on any atom is 0.325 e. The van der Waals surface area contributed by atoms with Crippen LogP contribution in [0.25, 0.3) is 0 Å². The molecule has 0 aliphatic carbocycles. The second kappa shape index (κ2) is 13.5. The highest BCUT2D eigenvalue weighted by Gasteiger charge is 2.18. The predicted octanol–water partition coefficient (Wildman–Crippen LogP) is 3.96. The molecule has 1 rings (SSSR count). The van der Waals surface area contributed by atoms with E-state index in [1.807, 2.05) is 6.26 Å². The van der Waals surface area contributed by atoms with Crippen molar-refractivity contribution in [2.45, 2.75) is 51.6 Å². The second-order valence-electron chi connectivity index (χ2n) is 6.71. The van der Waals surface area contributed by atoms with E-state index in [1.165, 1.54) is 11.8 Å². The van der Waals surface area contributed by atoms with Gasteiger partial charge in [-0.2, -0.15) is 9.97 Å². The molecule has 0 aromatic carbocycles. The number of rotatable bonds is 11. The van der Waals surface area contributed by atoms with Crippen LogP contribution >= 0.6 is 40.3 Å². The van der Waals surface area contributed by atoms with Crippen molar-refractivity contribution in [1.82, 2.24) is 14.9 Å². The van der Waals surface area contributed by atoms with Crippen LogP contribution < -0.4 is 10.2 Å². The summed E-state index contributed by atoms with van der Waals surface area (Å²) in [6.07, 6.45) is 1.94. The van der Waals surface area contributed by atoms with Crippen LogP contribution in [0.2, 0.25) is 5.15 Å². The highest BCUT2D eigenvalue weighted by atomic mass is 79.9. The molecule has 0 bridgehead atoms. The fourth-order valence-corrected chi connectivity index (χ4v) is 3.69. The maximum atomic E-state index is 11.7. The minimum absolute atomic E-state index is 0. The first-order valence-corrected chi connectivity index (χ1v) is 10.8. The summed E-state index contributed by atoms with van der Waals surface area (Å²) in [7, 11) is 1.74. The number of anilines is 2. The van der Waals surface area contributed by atoms with Gasteiger partial charge < -0.3 is 15.0 Å². The van der Waals surface area contributed by atoms with E-state index in [4.69, 9.17) is 16.3 Å². The van der Waals surface area contributed by atoms with E-state index in [1.54, 1.807) is 18.9 Å². The number of thioether (sulfide) groups is 1. The first-order valence-electron chi connectivity index (χ1n) is 9.19. The lowest BCUT2D eigenvalue weighted by Crippen LogP contribution is -2.40. The van der Waals surface area contributed by atoms with Gasteiger partial charge in [-0.05, 0) is 40.9 Å². The zero-order chi connectivity index (χ0) is 20.6. The topological polar surface area (TPSA) is 70.6 Å². The number of halogens is 2. The summed E-state index contributed by atoms with van der Waals surface area (Å²) < 4.78 is 4.98. The molecule has 0 aliphatic heterocycles. The van der Waals surface area contributed by atoms with E-state index < -0.39 is 0 Å². The Labute approximate surface area is 188 Å². The van der Waals surface area contributed by atoms with Crippen LogP contribution in [0.5, 0.6) is 0 Å². The van der Waals surface area contributed by atoms with Crippen molar-refractivity contribution >= 4 is 58.1 Å². The lowest BCUT2D eigenvalue weighted by atomic mass is 10.2. The van der Waals surface area contributed by atoms with E-state index in [-0.39, 0.29) is 29.5 Å². The van der Waals surface area contributed by atoms with Crippen LogP contribution in [0, 0.1) is 0 Å². The first-order chi connectivity index (χ1) is 12.7. The molecule has 28 heavy (non-hydrogen) atoms. The highest BCUT2D eigenvalue weighted by Crippen LogP contribution is 2.31. The molecule has 0 atom stereocenters. The maximum absolute atomic E-state index is 11.7. The van der Waals surface area contributed by atoms with Crippen molar-refractivity contribution in [2.24, 2.45) is 0 Å². The van der Waals surface area contributed by atoms with E-state index in [9.17, 15) is 4.79 Å². The lowest BCUT2D eigenvalue weighted by molar-refractivity contribution is -0.141. The van der Waals surface area contributed by atoms with Crippen LogP contribution in [0.15, 0.2) is 4.90 Å². The van der Waals surface area contributed by atoms with Gasteiger partial charge in [0.2, 0.25) is 5.95 Å². The predicted molar refractivity (Wildman–Crippen MR) is 125 cm³/mol. The summed E-state index contributed by atoms with van der Waals surface area (Å²) in [6.45, 7) is 12.6. The Morgan fingerprint density at radius 1 is 1.25 bits per heavy atom. The van der Waals surface area contributed by atoms with Crippen LogP contribution in [0.3, 0.4) is 0 Å². The molecule has 0 aliphatic rings. The molecular weight excluding hydrogens is 466 g/mol. The van der Waals surface area contributed by atoms with Crippen molar-refractivity contribution in [2.75, 3.05) is 49.8 Å². The Bertz CT molecular complexity index is 614. The van der Waals surface area contributed by atoms with Gasteiger partial charge >= 0.3 is 5.97 Å². The van der Waals surface area contributed by atoms with Gasteiger partial charge in [0, 0.05) is 32.2 Å². The highest BCUT2D eigenvalue weighted by molar-refractivity contribution is 8.93. The number of nitrogens with zero attached hydrogens (tertiary/aromatic N) is 4. The monoisotopic (exact) mass is 497 g/mol. The van der Waals surface area contributed by atoms with E-state index in [0.29, 0.717) is 35.6 Å². The molecule has 10 heteroatoms. The number of likely N-dealkylation sites (N-methyl/N-ethyl adjacent to an activating group) is 1. The number of ether oxygens (including phenoxy) is 1. The molecule has 1 aromatic rings. The number of nitrogens with one attached hydrogen (secondary N) is 1. The Balaban J connectivity index is 0.00000729. The molecule has 0 radical (unpaired) electrons. The standard InChI is InChI=1S/C18H32ClN5O2S.BrH/c1-8-26-14(25)11-23(6)18-21-16(19)15(27-7)17(22-18)20-9-10-24(12(2)3)13(4)5;/h12-13H,8-11H2,1-7H3,(H,20,21,22);1H. The van der Waals surface area contributed by atoms with E-state index in [2.05, 4.69) is 47.9 Å². The summed E-state index contributed by atoms with van der Waals surface area (Å²) in [5.41, 5.74) is 0. The smallest absolute Gasteiger partial charge is 0.325 e. The molecule has 162 valence electrons. The third kappa shape index (κ3) is 8.31. The van der Waals surface area contributed by atoms with Crippen molar-refractivity contribution in [1.29, 1.82) is 0 Å². The van der Waals surface area contributed by atoms with Gasteiger partial charge in [-0.1, -0.05) is 11.6 Å². The van der Waals surface area contributed by atoms with Crippen LogP contribution in [-0.2, 0) is 9.53 Å². The molecule has 7 nitrogen and oxygen atoms in total. The van der Waals surface area contributed by atoms with Gasteiger partial charge in [0.05, 0.1) is 11.5 Å². The molecule has 0 amide bonds. The third-order valence-electron chi connectivity index (χ3n) is 4.02. The first kappa shape index (κ1) is 27.2. The third-order valence-corrected chi connectivity index (χ3v) is 5.20. The number of hydrogen-bond donors (Lipinski definition) is 1. The minimum Gasteiger partial charge on any atom is -0.465 e. The fourth-order valence-electron chi connectivity index (χ4n) is 2.77. The summed E-state index contributed by atoms with van der Waals surface area (Å²) in [5.74, 6) is 0.742. The average molecular weight is 499 g/mol. The van der Waals surface area contributed by atoms with Gasteiger partial charge in [0.15, 0.2) is 0 Å². The normalized spacial score (nSPS) is 11.0. The zero-order valence-corrected chi connectivity index (χ0v) is 21.1. The second-order valence-corrected chi connectivity index (χ2v) is 7.88. The summed E-state index contributed by atoms with van der Waals surface area (Å²) in [5, 5.41) is 3.75. The molecule has 0 saturated heterocycles. The molecule has 1 N–H and O–H groups in total. The zero-order valence-electron chi connectivity index (χ0n) is 17.8. The largest absolute Gasteiger partial charge is 0.465 e. The summed E-state index contributed by atoms with van der Waals surface area (Å²) >= 11 is 7.85. The molecule has 0 saturated carbocycles. The van der Waals surface area contributed by atoms with Crippen LogP contribution in [-0.4, -0.2) is 72.5 Å². The Morgan fingerprint density at radius 3 is 2.36 bits per heavy atom. The Morgan fingerprint density at radius 2 is 1.86 bits per heavy atom. The van der Waals surface area contributed by atoms with Crippen molar-refractivity contribution in [3.8, 4) is 0 Å². The van der Waals surface area contributed by atoms with Crippen LogP contribution in [0.4, 0.5) is 11.8 Å². The average Bonchev–Trinajstić information content (AvgIpc) is 2.57. The minimum atomic E-state index is -0.326. The van der Waals surface area contributed by atoms with Crippen molar-refractivity contribution < 1.29 is 9.53 Å². The summed E-state index contributed by atoms with van der Waals surface area (Å²) in [6, 6.07) is 0.930. The van der Waals surface area contributed by atoms with Gasteiger partial charge in [-0.25, -0.2) is 0 Å². The number of carbonyl (C=O) groups excluding carboxylic acids is 1. The van der Waals surface area contributed by atoms with Crippen molar-refractivity contribution in [3.05, 3.63) is 5.15 Å². The number of carbonyl (C=O) groups is 1. The van der Waals surface area contributed by atoms with Gasteiger partial charge in [0.1, 0.15) is 17.5 Å². The Kier molecular flexibility index (Phi) is 13.1.